The van der Waals surface area contributed by atoms with Crippen molar-refractivity contribution in [3.05, 3.63) is 12.2 Å². The number of hydrogen-bond donors (Lipinski definition) is 1. The zero-order valence-corrected chi connectivity index (χ0v) is 8.82. The van der Waals surface area contributed by atoms with Gasteiger partial charge < -0.3 is 0 Å². The highest BCUT2D eigenvalue weighted by atomic mass is 32.1. The molecule has 0 spiro atoms. The van der Waals surface area contributed by atoms with E-state index in [9.17, 15) is 0 Å². The molecule has 0 bridgehead atoms. The number of piperidine rings is 1. The van der Waals surface area contributed by atoms with E-state index in [1.807, 2.05) is 0 Å². The molecule has 0 aliphatic carbocycles. The lowest BCUT2D eigenvalue weighted by Gasteiger charge is -2.31. The standard InChI is InChI=1S/C10H19NS/c1-9-4-3-5-11(6-9)7-10(2)8-12/h9,12H,2-8H2,1H3. The minimum atomic E-state index is 0.824. The first-order valence-electron chi connectivity index (χ1n) is 4.72. The maximum absolute atomic E-state index is 4.21. The van der Waals surface area contributed by atoms with Crippen molar-refractivity contribution < 1.29 is 0 Å². The molecule has 1 nitrogen and oxygen atoms in total. The Morgan fingerprint density at radius 3 is 3.00 bits per heavy atom. The van der Waals surface area contributed by atoms with Crippen molar-refractivity contribution in [3.8, 4) is 0 Å². The molecular weight excluding hydrogens is 166 g/mol. The summed E-state index contributed by atoms with van der Waals surface area (Å²) in [7, 11) is 0. The minimum absolute atomic E-state index is 0.824. The maximum Gasteiger partial charge on any atom is 0.0198 e. The molecule has 1 rings (SSSR count). The number of likely N-dealkylation sites (tertiary alicyclic amines) is 1. The fraction of sp³-hybridized carbons (Fsp3) is 0.800. The normalized spacial score (nSPS) is 25.7. The van der Waals surface area contributed by atoms with E-state index in [0.29, 0.717) is 0 Å². The highest BCUT2D eigenvalue weighted by Crippen LogP contribution is 2.16. The van der Waals surface area contributed by atoms with Crippen molar-refractivity contribution >= 4 is 12.6 Å². The summed E-state index contributed by atoms with van der Waals surface area (Å²) in [4.78, 5) is 2.49. The Hall–Kier alpha value is 0.0500. The summed E-state index contributed by atoms with van der Waals surface area (Å²) < 4.78 is 0. The van der Waals surface area contributed by atoms with Crippen LogP contribution in [0.2, 0.25) is 0 Å². The summed E-state index contributed by atoms with van der Waals surface area (Å²) in [6.07, 6.45) is 2.74. The van der Waals surface area contributed by atoms with Gasteiger partial charge in [-0.1, -0.05) is 19.1 Å². The average Bonchev–Trinajstić information content (AvgIpc) is 2.04. The highest BCUT2D eigenvalue weighted by molar-refractivity contribution is 7.80. The van der Waals surface area contributed by atoms with E-state index in [-0.39, 0.29) is 0 Å². The Morgan fingerprint density at radius 1 is 1.67 bits per heavy atom. The second-order valence-electron chi connectivity index (χ2n) is 3.89. The van der Waals surface area contributed by atoms with Crippen LogP contribution in [0.5, 0.6) is 0 Å². The van der Waals surface area contributed by atoms with Crippen LogP contribution in [-0.4, -0.2) is 30.3 Å². The molecule has 0 radical (unpaired) electrons. The molecule has 12 heavy (non-hydrogen) atoms. The second-order valence-corrected chi connectivity index (χ2v) is 4.21. The van der Waals surface area contributed by atoms with Gasteiger partial charge in [0.25, 0.3) is 0 Å². The number of thiol groups is 1. The minimum Gasteiger partial charge on any atom is -0.299 e. The predicted molar refractivity (Wildman–Crippen MR) is 57.8 cm³/mol. The lowest BCUT2D eigenvalue weighted by atomic mass is 10.00. The van der Waals surface area contributed by atoms with Crippen LogP contribution >= 0.6 is 12.6 Å². The molecule has 2 heteroatoms. The molecule has 0 amide bonds. The second kappa shape index (κ2) is 4.93. The van der Waals surface area contributed by atoms with Gasteiger partial charge in [-0.2, -0.15) is 12.6 Å². The van der Waals surface area contributed by atoms with E-state index in [4.69, 9.17) is 0 Å². The highest BCUT2D eigenvalue weighted by Gasteiger charge is 2.15. The van der Waals surface area contributed by atoms with Crippen molar-refractivity contribution in [2.45, 2.75) is 19.8 Å². The molecule has 0 N–H and O–H groups in total. The molecule has 0 aromatic heterocycles. The van der Waals surface area contributed by atoms with Crippen LogP contribution in [0, 0.1) is 5.92 Å². The largest absolute Gasteiger partial charge is 0.299 e. The van der Waals surface area contributed by atoms with Crippen LogP contribution in [0.15, 0.2) is 12.2 Å². The van der Waals surface area contributed by atoms with Crippen molar-refractivity contribution in [1.82, 2.24) is 4.90 Å². The summed E-state index contributed by atoms with van der Waals surface area (Å²) in [5.41, 5.74) is 1.24. The zero-order chi connectivity index (χ0) is 8.97. The molecule has 1 saturated heterocycles. The first-order chi connectivity index (χ1) is 5.72. The summed E-state index contributed by atoms with van der Waals surface area (Å²) in [5, 5.41) is 0. The van der Waals surface area contributed by atoms with Gasteiger partial charge in [0.05, 0.1) is 0 Å². The van der Waals surface area contributed by atoms with Gasteiger partial charge in [0.15, 0.2) is 0 Å². The maximum atomic E-state index is 4.21. The number of hydrogen-bond acceptors (Lipinski definition) is 2. The van der Waals surface area contributed by atoms with Gasteiger partial charge in [0, 0.05) is 18.8 Å². The Bertz CT molecular complexity index is 156. The van der Waals surface area contributed by atoms with Crippen LogP contribution in [0.4, 0.5) is 0 Å². The van der Waals surface area contributed by atoms with Gasteiger partial charge in [-0.15, -0.1) is 0 Å². The summed E-state index contributed by atoms with van der Waals surface area (Å²) >= 11 is 4.21. The summed E-state index contributed by atoms with van der Waals surface area (Å²) in [5.74, 6) is 1.69. The molecule has 1 atom stereocenters. The quantitative estimate of drug-likeness (QED) is 0.521. The van der Waals surface area contributed by atoms with Gasteiger partial charge in [-0.25, -0.2) is 0 Å². The molecule has 1 heterocycles. The molecule has 70 valence electrons. The van der Waals surface area contributed by atoms with Crippen LogP contribution in [0.3, 0.4) is 0 Å². The van der Waals surface area contributed by atoms with E-state index >= 15 is 0 Å². The van der Waals surface area contributed by atoms with Crippen molar-refractivity contribution in [2.24, 2.45) is 5.92 Å². The van der Waals surface area contributed by atoms with E-state index in [1.165, 1.54) is 31.5 Å². The Morgan fingerprint density at radius 2 is 2.42 bits per heavy atom. The molecule has 1 fully saturated rings. The zero-order valence-electron chi connectivity index (χ0n) is 7.92. The van der Waals surface area contributed by atoms with Crippen molar-refractivity contribution in [2.75, 3.05) is 25.4 Å². The van der Waals surface area contributed by atoms with Crippen molar-refractivity contribution in [1.29, 1.82) is 0 Å². The lowest BCUT2D eigenvalue weighted by molar-refractivity contribution is 0.198. The predicted octanol–water partition coefficient (Wildman–Crippen LogP) is 2.20. The number of nitrogens with zero attached hydrogens (tertiary/aromatic N) is 1. The monoisotopic (exact) mass is 185 g/mol. The molecule has 1 aliphatic rings. The Kier molecular flexibility index (Phi) is 4.16. The van der Waals surface area contributed by atoms with Crippen LogP contribution < -0.4 is 0 Å². The van der Waals surface area contributed by atoms with Crippen molar-refractivity contribution in [3.63, 3.8) is 0 Å². The SMILES string of the molecule is C=C(CS)CN1CCCC(C)C1. The average molecular weight is 185 g/mol. The molecule has 0 saturated carbocycles. The smallest absolute Gasteiger partial charge is 0.0198 e. The van der Waals surface area contributed by atoms with Crippen LogP contribution in [-0.2, 0) is 0 Å². The Labute approximate surface area is 81.2 Å². The van der Waals surface area contributed by atoms with E-state index in [0.717, 1.165) is 18.2 Å². The lowest BCUT2D eigenvalue weighted by Crippen LogP contribution is -2.35. The third-order valence-electron chi connectivity index (χ3n) is 2.41. The third kappa shape index (κ3) is 3.20. The fourth-order valence-corrected chi connectivity index (χ4v) is 1.90. The fourth-order valence-electron chi connectivity index (χ4n) is 1.80. The van der Waals surface area contributed by atoms with Gasteiger partial charge >= 0.3 is 0 Å². The van der Waals surface area contributed by atoms with Gasteiger partial charge in [-0.3, -0.25) is 4.90 Å². The first-order valence-corrected chi connectivity index (χ1v) is 5.35. The van der Waals surface area contributed by atoms with Crippen LogP contribution in [0.25, 0.3) is 0 Å². The molecule has 0 aromatic carbocycles. The molecule has 1 aliphatic heterocycles. The van der Waals surface area contributed by atoms with Crippen LogP contribution in [0.1, 0.15) is 19.8 Å². The summed E-state index contributed by atoms with van der Waals surface area (Å²) in [6, 6.07) is 0. The van der Waals surface area contributed by atoms with E-state index < -0.39 is 0 Å². The van der Waals surface area contributed by atoms with E-state index in [2.05, 4.69) is 31.0 Å². The molecule has 1 unspecified atom stereocenters. The molecular formula is C10H19NS. The Balaban J connectivity index is 2.27. The molecule has 0 aromatic rings. The summed E-state index contributed by atoms with van der Waals surface area (Å²) in [6.45, 7) is 9.84. The van der Waals surface area contributed by atoms with Gasteiger partial charge in [-0.05, 0) is 25.3 Å². The topological polar surface area (TPSA) is 3.24 Å². The van der Waals surface area contributed by atoms with Gasteiger partial charge in [0.2, 0.25) is 0 Å². The third-order valence-corrected chi connectivity index (χ3v) is 2.86. The first kappa shape index (κ1) is 10.1. The number of rotatable bonds is 3. The van der Waals surface area contributed by atoms with E-state index in [1.54, 1.807) is 0 Å². The van der Waals surface area contributed by atoms with Gasteiger partial charge in [0.1, 0.15) is 0 Å².